The molecule has 0 bridgehead atoms. The average molecular weight is 188 g/mol. The molecule has 1 unspecified atom stereocenters. The molecule has 0 aromatic heterocycles. The van der Waals surface area contributed by atoms with E-state index in [0.717, 1.165) is 45.3 Å². The van der Waals surface area contributed by atoms with Crippen molar-refractivity contribution in [2.24, 2.45) is 0 Å². The highest BCUT2D eigenvalue weighted by Crippen LogP contribution is 1.93. The summed E-state index contributed by atoms with van der Waals surface area (Å²) < 4.78 is 0. The molecule has 0 radical (unpaired) electrons. The predicted octanol–water partition coefficient (Wildman–Crippen LogP) is -0.127. The van der Waals surface area contributed by atoms with E-state index in [1.54, 1.807) is 0 Å². The Balaban J connectivity index is 0.000000223. The molecule has 4 nitrogen and oxygen atoms in total. The van der Waals surface area contributed by atoms with Crippen LogP contribution in [0.1, 0.15) is 26.2 Å². The summed E-state index contributed by atoms with van der Waals surface area (Å²) in [5.74, 6) is 0. The van der Waals surface area contributed by atoms with Gasteiger partial charge in [-0.3, -0.25) is 4.79 Å². The summed E-state index contributed by atoms with van der Waals surface area (Å²) in [6, 6.07) is 0. The third kappa shape index (κ3) is 9.30. The van der Waals surface area contributed by atoms with Gasteiger partial charge in [-0.05, 0) is 19.4 Å². The van der Waals surface area contributed by atoms with Gasteiger partial charge >= 0.3 is 0 Å². The lowest BCUT2D eigenvalue weighted by molar-refractivity contribution is -0.109. The third-order valence-corrected chi connectivity index (χ3v) is 1.79. The van der Waals surface area contributed by atoms with Gasteiger partial charge in [-0.2, -0.15) is 0 Å². The predicted molar refractivity (Wildman–Crippen MR) is 52.5 cm³/mol. The van der Waals surface area contributed by atoms with E-state index < -0.39 is 0 Å². The molecule has 0 saturated carbocycles. The van der Waals surface area contributed by atoms with E-state index >= 15 is 0 Å². The average Bonchev–Trinajstić information content (AvgIpc) is 2.58. The highest BCUT2D eigenvalue weighted by Gasteiger charge is 2.08. The fourth-order valence-electron chi connectivity index (χ4n) is 0.977. The van der Waals surface area contributed by atoms with E-state index in [1.807, 2.05) is 0 Å². The molecular weight excluding hydrogens is 168 g/mol. The maximum absolute atomic E-state index is 9.57. The summed E-state index contributed by atoms with van der Waals surface area (Å²) in [4.78, 5) is 9.57. The van der Waals surface area contributed by atoms with Crippen LogP contribution in [-0.4, -0.2) is 37.3 Å². The number of aliphatic hydroxyl groups is 1. The zero-order valence-electron chi connectivity index (χ0n) is 8.25. The van der Waals surface area contributed by atoms with E-state index in [2.05, 4.69) is 17.6 Å². The van der Waals surface area contributed by atoms with Crippen molar-refractivity contribution in [3.63, 3.8) is 0 Å². The Kier molecular flexibility index (Phi) is 9.03. The van der Waals surface area contributed by atoms with Crippen molar-refractivity contribution in [2.75, 3.05) is 19.6 Å². The van der Waals surface area contributed by atoms with Gasteiger partial charge in [0.05, 0.1) is 6.10 Å². The van der Waals surface area contributed by atoms with Crippen LogP contribution in [-0.2, 0) is 4.79 Å². The normalized spacial score (nSPS) is 20.3. The molecule has 0 aromatic rings. The number of nitrogens with one attached hydrogen (secondary N) is 2. The highest BCUT2D eigenvalue weighted by molar-refractivity contribution is 5.45. The minimum absolute atomic E-state index is 0.0648. The van der Waals surface area contributed by atoms with Crippen molar-refractivity contribution < 1.29 is 9.90 Å². The Morgan fingerprint density at radius 2 is 2.46 bits per heavy atom. The first-order valence-corrected chi connectivity index (χ1v) is 4.87. The van der Waals surface area contributed by atoms with Crippen LogP contribution in [0.2, 0.25) is 0 Å². The van der Waals surface area contributed by atoms with Crippen LogP contribution in [0.15, 0.2) is 0 Å². The molecule has 1 aliphatic heterocycles. The number of amides is 1. The molecule has 3 N–H and O–H groups in total. The van der Waals surface area contributed by atoms with E-state index in [4.69, 9.17) is 5.11 Å². The fourth-order valence-corrected chi connectivity index (χ4v) is 0.977. The van der Waals surface area contributed by atoms with Crippen LogP contribution in [0.5, 0.6) is 0 Å². The fraction of sp³-hybridized carbons (Fsp3) is 0.889. The van der Waals surface area contributed by atoms with Crippen molar-refractivity contribution in [1.29, 1.82) is 0 Å². The summed E-state index contributed by atoms with van der Waals surface area (Å²) in [7, 11) is 0. The van der Waals surface area contributed by atoms with Gasteiger partial charge in [0.2, 0.25) is 6.41 Å². The number of carbonyl (C=O) groups is 1. The van der Waals surface area contributed by atoms with Crippen molar-refractivity contribution in [1.82, 2.24) is 10.6 Å². The molecule has 0 spiro atoms. The molecule has 1 amide bonds. The van der Waals surface area contributed by atoms with Gasteiger partial charge in [0.1, 0.15) is 0 Å². The Labute approximate surface area is 79.7 Å². The van der Waals surface area contributed by atoms with Crippen molar-refractivity contribution >= 4 is 6.41 Å². The van der Waals surface area contributed by atoms with Crippen LogP contribution >= 0.6 is 0 Å². The molecule has 13 heavy (non-hydrogen) atoms. The summed E-state index contributed by atoms with van der Waals surface area (Å²) in [6.45, 7) is 4.69. The van der Waals surface area contributed by atoms with Crippen LogP contribution in [0.3, 0.4) is 0 Å². The Morgan fingerprint density at radius 3 is 2.77 bits per heavy atom. The second-order valence-corrected chi connectivity index (χ2v) is 3.07. The Bertz CT molecular complexity index is 114. The monoisotopic (exact) mass is 188 g/mol. The van der Waals surface area contributed by atoms with Gasteiger partial charge in [0.15, 0.2) is 0 Å². The molecule has 1 rings (SSSR count). The largest absolute Gasteiger partial charge is 0.392 e. The smallest absolute Gasteiger partial charge is 0.207 e. The lowest BCUT2D eigenvalue weighted by atomic mass is 10.3. The van der Waals surface area contributed by atoms with Gasteiger partial charge in [0.25, 0.3) is 0 Å². The molecule has 1 saturated heterocycles. The van der Waals surface area contributed by atoms with Crippen LogP contribution < -0.4 is 10.6 Å². The van der Waals surface area contributed by atoms with E-state index in [1.165, 1.54) is 0 Å². The number of aliphatic hydroxyl groups excluding tert-OH is 1. The molecule has 78 valence electrons. The lowest BCUT2D eigenvalue weighted by Crippen LogP contribution is -2.11. The van der Waals surface area contributed by atoms with E-state index in [0.29, 0.717) is 0 Å². The Morgan fingerprint density at radius 1 is 1.69 bits per heavy atom. The first-order chi connectivity index (χ1) is 6.31. The number of hydrogen-bond donors (Lipinski definition) is 3. The highest BCUT2D eigenvalue weighted by atomic mass is 16.3. The molecule has 1 heterocycles. The van der Waals surface area contributed by atoms with Gasteiger partial charge in [-0.25, -0.2) is 0 Å². The van der Waals surface area contributed by atoms with Gasteiger partial charge in [0, 0.05) is 13.1 Å². The van der Waals surface area contributed by atoms with Crippen molar-refractivity contribution in [3.8, 4) is 0 Å². The van der Waals surface area contributed by atoms with Crippen molar-refractivity contribution in [2.45, 2.75) is 32.3 Å². The molecule has 0 aromatic carbocycles. The maximum Gasteiger partial charge on any atom is 0.207 e. The minimum Gasteiger partial charge on any atom is -0.392 e. The SMILES string of the molecule is CCCCNC=O.OC1CCNC1. The first-order valence-electron chi connectivity index (χ1n) is 4.87. The van der Waals surface area contributed by atoms with Gasteiger partial charge in [-0.1, -0.05) is 13.3 Å². The van der Waals surface area contributed by atoms with Gasteiger partial charge < -0.3 is 15.7 Å². The third-order valence-electron chi connectivity index (χ3n) is 1.79. The minimum atomic E-state index is -0.0648. The molecule has 4 heteroatoms. The molecule has 1 fully saturated rings. The van der Waals surface area contributed by atoms with Crippen LogP contribution in [0.25, 0.3) is 0 Å². The summed E-state index contributed by atoms with van der Waals surface area (Å²) in [6.07, 6.45) is 3.82. The number of hydrogen-bond acceptors (Lipinski definition) is 3. The maximum atomic E-state index is 9.57. The second kappa shape index (κ2) is 9.48. The zero-order chi connectivity index (χ0) is 9.94. The zero-order valence-corrected chi connectivity index (χ0v) is 8.25. The van der Waals surface area contributed by atoms with Gasteiger partial charge in [-0.15, -0.1) is 0 Å². The topological polar surface area (TPSA) is 61.4 Å². The number of unbranched alkanes of at least 4 members (excludes halogenated alkanes) is 1. The van der Waals surface area contributed by atoms with Crippen LogP contribution in [0.4, 0.5) is 0 Å². The molecular formula is C9H20N2O2. The number of β-amino-alcohol motifs (C(OH)–C–C–N with tert-alkyl or cyclic N) is 1. The number of rotatable bonds is 4. The standard InChI is InChI=1S/C5H11NO.C4H9NO/c1-2-3-4-6-5-7;6-4-1-2-5-3-4/h5H,2-4H2,1H3,(H,6,7);4-6H,1-3H2. The summed E-state index contributed by atoms with van der Waals surface area (Å²) in [5.41, 5.74) is 0. The molecule has 0 aliphatic carbocycles. The quantitative estimate of drug-likeness (QED) is 0.425. The first kappa shape index (κ1) is 12.4. The lowest BCUT2D eigenvalue weighted by Gasteiger charge is -1.90. The Hall–Kier alpha value is -0.610. The summed E-state index contributed by atoms with van der Waals surface area (Å²) in [5, 5.41) is 14.3. The molecule has 1 aliphatic rings. The molecule has 1 atom stereocenters. The van der Waals surface area contributed by atoms with Crippen LogP contribution in [0, 0.1) is 0 Å². The number of carbonyl (C=O) groups excluding carboxylic acids is 1. The summed E-state index contributed by atoms with van der Waals surface area (Å²) >= 11 is 0. The van der Waals surface area contributed by atoms with E-state index in [9.17, 15) is 4.79 Å². The van der Waals surface area contributed by atoms with Crippen molar-refractivity contribution in [3.05, 3.63) is 0 Å². The second-order valence-electron chi connectivity index (χ2n) is 3.07. The van der Waals surface area contributed by atoms with E-state index in [-0.39, 0.29) is 6.10 Å².